The molecule has 2 aromatic carbocycles. The van der Waals surface area contributed by atoms with Crippen LogP contribution < -0.4 is 20.5 Å². The molecular weight excluding hydrogens is 332 g/mol. The molecule has 2 rings (SSSR count). The van der Waals surface area contributed by atoms with E-state index in [1.807, 2.05) is 42.5 Å². The number of nitrogens with one attached hydrogen (secondary N) is 1. The molecule has 0 aliphatic heterocycles. The largest absolute Gasteiger partial charge is 0.497 e. The summed E-state index contributed by atoms with van der Waals surface area (Å²) in [5, 5.41) is 3.02. The van der Waals surface area contributed by atoms with Crippen molar-refractivity contribution in [2.45, 2.75) is 6.54 Å². The molecule has 0 fully saturated rings. The Bertz CT molecular complexity index is 758. The number of ether oxygens (including phenoxy) is 2. The van der Waals surface area contributed by atoms with Crippen LogP contribution in [0.4, 0.5) is 5.69 Å². The van der Waals surface area contributed by atoms with Crippen LogP contribution in [-0.4, -0.2) is 44.6 Å². The number of hydrogen-bond acceptors (Lipinski definition) is 4. The first-order valence-electron chi connectivity index (χ1n) is 8.11. The van der Waals surface area contributed by atoms with Crippen molar-refractivity contribution in [3.63, 3.8) is 0 Å². The number of likely N-dealkylation sites (N-methyl/N-ethyl adjacent to an activating group) is 1. The molecule has 0 atom stereocenters. The van der Waals surface area contributed by atoms with Crippen LogP contribution in [-0.2, 0) is 11.3 Å². The molecule has 0 unspecified atom stereocenters. The van der Waals surface area contributed by atoms with E-state index in [0.717, 1.165) is 17.0 Å². The van der Waals surface area contributed by atoms with Gasteiger partial charge in [0.15, 0.2) is 12.6 Å². The number of aliphatic imine (C=N–C) groups is 1. The Kier molecular flexibility index (Phi) is 6.84. The molecule has 0 aliphatic rings. The van der Waals surface area contributed by atoms with Gasteiger partial charge in [0.1, 0.15) is 11.5 Å². The molecule has 0 aliphatic carbocycles. The number of rotatable bonds is 7. The number of nitrogens with two attached hydrogens (primary N) is 1. The Hall–Kier alpha value is -3.22. The van der Waals surface area contributed by atoms with E-state index in [-0.39, 0.29) is 12.5 Å². The maximum atomic E-state index is 11.6. The monoisotopic (exact) mass is 356 g/mol. The van der Waals surface area contributed by atoms with Gasteiger partial charge in [0.25, 0.3) is 5.91 Å². The molecule has 7 nitrogen and oxygen atoms in total. The summed E-state index contributed by atoms with van der Waals surface area (Å²) < 4.78 is 10.6. The molecule has 0 saturated heterocycles. The highest BCUT2D eigenvalue weighted by Crippen LogP contribution is 2.16. The number of carbonyl (C=O) groups is 1. The summed E-state index contributed by atoms with van der Waals surface area (Å²) in [6, 6.07) is 14.8. The summed E-state index contributed by atoms with van der Waals surface area (Å²) >= 11 is 0. The number of carbonyl (C=O) groups excluding carboxylic acids is 1. The Labute approximate surface area is 153 Å². The van der Waals surface area contributed by atoms with Crippen LogP contribution in [0.2, 0.25) is 0 Å². The van der Waals surface area contributed by atoms with Gasteiger partial charge in [0.2, 0.25) is 0 Å². The molecule has 0 bridgehead atoms. The highest BCUT2D eigenvalue weighted by atomic mass is 16.5. The molecule has 26 heavy (non-hydrogen) atoms. The zero-order valence-corrected chi connectivity index (χ0v) is 15.2. The number of benzene rings is 2. The first-order valence-corrected chi connectivity index (χ1v) is 8.11. The number of anilines is 1. The van der Waals surface area contributed by atoms with Crippen LogP contribution in [0.15, 0.2) is 53.5 Å². The maximum absolute atomic E-state index is 11.6. The minimum atomic E-state index is -0.0960. The first-order chi connectivity index (χ1) is 12.5. The molecule has 0 aromatic heterocycles. The number of guanidine groups is 1. The second-order valence-corrected chi connectivity index (χ2v) is 5.78. The van der Waals surface area contributed by atoms with E-state index in [1.165, 1.54) is 4.90 Å². The number of hydrogen-bond donors (Lipinski definition) is 2. The standard InChI is InChI=1S/C19H24N4O3/c1-23(2)18(24)13-26-17-6-4-5-14(11-17)12-21-19(20)22-15-7-9-16(25-3)10-8-15/h4-11H,12-13H2,1-3H3,(H3,20,21,22). The summed E-state index contributed by atoms with van der Waals surface area (Å²) in [6.07, 6.45) is 0. The van der Waals surface area contributed by atoms with E-state index in [0.29, 0.717) is 18.3 Å². The molecule has 0 radical (unpaired) electrons. The highest BCUT2D eigenvalue weighted by Gasteiger charge is 2.05. The van der Waals surface area contributed by atoms with Crippen molar-refractivity contribution in [3.8, 4) is 11.5 Å². The Morgan fingerprint density at radius 2 is 1.88 bits per heavy atom. The minimum absolute atomic E-state index is 0.000878. The lowest BCUT2D eigenvalue weighted by molar-refractivity contribution is -0.130. The number of amides is 1. The average Bonchev–Trinajstić information content (AvgIpc) is 2.65. The molecule has 138 valence electrons. The number of methoxy groups -OCH3 is 1. The fraction of sp³-hybridized carbons (Fsp3) is 0.263. The van der Waals surface area contributed by atoms with Gasteiger partial charge in [-0.15, -0.1) is 0 Å². The normalized spacial score (nSPS) is 11.0. The van der Waals surface area contributed by atoms with Gasteiger partial charge in [0.05, 0.1) is 13.7 Å². The van der Waals surface area contributed by atoms with Crippen molar-refractivity contribution < 1.29 is 14.3 Å². The van der Waals surface area contributed by atoms with Gasteiger partial charge in [-0.2, -0.15) is 0 Å². The van der Waals surface area contributed by atoms with Crippen LogP contribution >= 0.6 is 0 Å². The Morgan fingerprint density at radius 1 is 1.15 bits per heavy atom. The van der Waals surface area contributed by atoms with E-state index < -0.39 is 0 Å². The van der Waals surface area contributed by atoms with E-state index in [1.54, 1.807) is 27.3 Å². The van der Waals surface area contributed by atoms with Crippen molar-refractivity contribution in [2.24, 2.45) is 10.7 Å². The molecule has 1 amide bonds. The van der Waals surface area contributed by atoms with Crippen LogP contribution in [0, 0.1) is 0 Å². The van der Waals surface area contributed by atoms with E-state index in [9.17, 15) is 4.79 Å². The smallest absolute Gasteiger partial charge is 0.259 e. The summed E-state index contributed by atoms with van der Waals surface area (Å²) in [6.45, 7) is 0.398. The third-order valence-electron chi connectivity index (χ3n) is 3.55. The lowest BCUT2D eigenvalue weighted by atomic mass is 10.2. The molecular formula is C19H24N4O3. The Morgan fingerprint density at radius 3 is 2.54 bits per heavy atom. The Balaban J connectivity index is 1.91. The van der Waals surface area contributed by atoms with Gasteiger partial charge >= 0.3 is 0 Å². The van der Waals surface area contributed by atoms with Crippen molar-refractivity contribution in [1.29, 1.82) is 0 Å². The fourth-order valence-electron chi connectivity index (χ4n) is 2.05. The maximum Gasteiger partial charge on any atom is 0.259 e. The molecule has 0 heterocycles. The van der Waals surface area contributed by atoms with Crippen molar-refractivity contribution >= 4 is 17.6 Å². The van der Waals surface area contributed by atoms with Gasteiger partial charge in [-0.1, -0.05) is 12.1 Å². The predicted molar refractivity (Wildman–Crippen MR) is 103 cm³/mol. The van der Waals surface area contributed by atoms with Crippen molar-refractivity contribution in [3.05, 3.63) is 54.1 Å². The van der Waals surface area contributed by atoms with Crippen molar-refractivity contribution in [1.82, 2.24) is 4.90 Å². The minimum Gasteiger partial charge on any atom is -0.497 e. The quantitative estimate of drug-likeness (QED) is 0.586. The SMILES string of the molecule is COc1ccc(NC(N)=NCc2cccc(OCC(=O)N(C)C)c2)cc1. The lowest BCUT2D eigenvalue weighted by Gasteiger charge is -2.11. The third kappa shape index (κ3) is 6.01. The zero-order chi connectivity index (χ0) is 18.9. The second kappa shape index (κ2) is 9.31. The van der Waals surface area contributed by atoms with Gasteiger partial charge in [-0.3, -0.25) is 4.79 Å². The second-order valence-electron chi connectivity index (χ2n) is 5.78. The van der Waals surface area contributed by atoms with Gasteiger partial charge < -0.3 is 25.4 Å². The molecule has 2 aromatic rings. The van der Waals surface area contributed by atoms with Crippen molar-refractivity contribution in [2.75, 3.05) is 33.1 Å². The summed E-state index contributed by atoms with van der Waals surface area (Å²) in [4.78, 5) is 17.4. The summed E-state index contributed by atoms with van der Waals surface area (Å²) in [7, 11) is 5.00. The topological polar surface area (TPSA) is 89.2 Å². The molecule has 7 heteroatoms. The van der Waals surface area contributed by atoms with Gasteiger partial charge in [0, 0.05) is 19.8 Å². The van der Waals surface area contributed by atoms with Crippen LogP contribution in [0.5, 0.6) is 11.5 Å². The molecule has 0 saturated carbocycles. The number of nitrogens with zero attached hydrogens (tertiary/aromatic N) is 2. The summed E-state index contributed by atoms with van der Waals surface area (Å²) in [5.74, 6) is 1.61. The highest BCUT2D eigenvalue weighted by molar-refractivity contribution is 5.92. The first kappa shape index (κ1) is 19.1. The molecule has 3 N–H and O–H groups in total. The average molecular weight is 356 g/mol. The fourth-order valence-corrected chi connectivity index (χ4v) is 2.05. The lowest BCUT2D eigenvalue weighted by Crippen LogP contribution is -2.27. The van der Waals surface area contributed by atoms with Gasteiger partial charge in [-0.05, 0) is 42.0 Å². The predicted octanol–water partition coefficient (Wildman–Crippen LogP) is 2.09. The molecule has 0 spiro atoms. The van der Waals surface area contributed by atoms with E-state index in [2.05, 4.69) is 10.3 Å². The van der Waals surface area contributed by atoms with E-state index in [4.69, 9.17) is 15.2 Å². The van der Waals surface area contributed by atoms with Crippen LogP contribution in [0.25, 0.3) is 0 Å². The van der Waals surface area contributed by atoms with Crippen LogP contribution in [0.3, 0.4) is 0 Å². The van der Waals surface area contributed by atoms with Gasteiger partial charge in [-0.25, -0.2) is 4.99 Å². The van der Waals surface area contributed by atoms with E-state index >= 15 is 0 Å². The summed E-state index contributed by atoms with van der Waals surface area (Å²) in [5.41, 5.74) is 7.68. The zero-order valence-electron chi connectivity index (χ0n) is 15.2. The third-order valence-corrected chi connectivity index (χ3v) is 3.55. The van der Waals surface area contributed by atoms with Crippen LogP contribution in [0.1, 0.15) is 5.56 Å².